The standard InChI is InChI=1S/C25H32BrN5OS/c1-32-14-13-31-11-9-30(10-12-31)8-7-18-5-6-21-22(15-18)33-25-23(21)24(27-17-28-25)29-20-4-2-3-19(26)16-20/h2-4,16-18H,5-15H2,1H3,(H,27,28,29). The Morgan fingerprint density at radius 3 is 2.76 bits per heavy atom. The van der Waals surface area contributed by atoms with Gasteiger partial charge in [-0.05, 0) is 61.9 Å². The number of rotatable bonds is 8. The van der Waals surface area contributed by atoms with Crippen molar-refractivity contribution >= 4 is 49.0 Å². The van der Waals surface area contributed by atoms with Crippen LogP contribution < -0.4 is 5.32 Å². The molecule has 5 rings (SSSR count). The fraction of sp³-hybridized carbons (Fsp3) is 0.520. The molecule has 2 aliphatic rings. The second-order valence-electron chi connectivity index (χ2n) is 9.12. The van der Waals surface area contributed by atoms with E-state index in [9.17, 15) is 0 Å². The van der Waals surface area contributed by atoms with Crippen LogP contribution in [0.1, 0.15) is 23.3 Å². The molecular formula is C25H32BrN5OS. The van der Waals surface area contributed by atoms with Gasteiger partial charge in [-0.2, -0.15) is 0 Å². The van der Waals surface area contributed by atoms with Crippen LogP contribution in [-0.4, -0.2) is 72.8 Å². The minimum atomic E-state index is 0.770. The minimum Gasteiger partial charge on any atom is -0.383 e. The molecule has 3 aromatic rings. The molecule has 1 aromatic carbocycles. The number of nitrogens with one attached hydrogen (secondary N) is 1. The molecule has 2 aromatic heterocycles. The monoisotopic (exact) mass is 529 g/mol. The van der Waals surface area contributed by atoms with Gasteiger partial charge in [-0.1, -0.05) is 22.0 Å². The first kappa shape index (κ1) is 23.2. The third-order valence-electron chi connectivity index (χ3n) is 6.96. The summed E-state index contributed by atoms with van der Waals surface area (Å²) in [4.78, 5) is 17.0. The van der Waals surface area contributed by atoms with Gasteiger partial charge >= 0.3 is 0 Å². The Hall–Kier alpha value is -1.58. The Morgan fingerprint density at radius 2 is 1.97 bits per heavy atom. The lowest BCUT2D eigenvalue weighted by Gasteiger charge is -2.35. The highest BCUT2D eigenvalue weighted by atomic mass is 79.9. The predicted octanol–water partition coefficient (Wildman–Crippen LogP) is 4.96. The number of aromatic nitrogens is 2. The van der Waals surface area contributed by atoms with Crippen LogP contribution in [0, 0.1) is 5.92 Å². The van der Waals surface area contributed by atoms with Crippen LogP contribution in [0.3, 0.4) is 0 Å². The van der Waals surface area contributed by atoms with E-state index in [-0.39, 0.29) is 0 Å². The summed E-state index contributed by atoms with van der Waals surface area (Å²) in [6.45, 7) is 7.82. The zero-order valence-corrected chi connectivity index (χ0v) is 21.6. The molecule has 0 amide bonds. The largest absolute Gasteiger partial charge is 0.383 e. The van der Waals surface area contributed by atoms with Gasteiger partial charge in [-0.3, -0.25) is 4.90 Å². The van der Waals surface area contributed by atoms with Crippen molar-refractivity contribution in [1.82, 2.24) is 19.8 Å². The average molecular weight is 531 g/mol. The van der Waals surface area contributed by atoms with Crippen molar-refractivity contribution < 1.29 is 4.74 Å². The molecule has 6 nitrogen and oxygen atoms in total. The van der Waals surface area contributed by atoms with E-state index in [2.05, 4.69) is 53.1 Å². The van der Waals surface area contributed by atoms with E-state index in [1.165, 1.54) is 67.8 Å². The summed E-state index contributed by atoms with van der Waals surface area (Å²) in [5.74, 6) is 1.70. The number of fused-ring (bicyclic) bond motifs is 3. The average Bonchev–Trinajstić information content (AvgIpc) is 3.21. The summed E-state index contributed by atoms with van der Waals surface area (Å²) >= 11 is 5.43. The summed E-state index contributed by atoms with van der Waals surface area (Å²) in [5.41, 5.74) is 2.51. The van der Waals surface area contributed by atoms with E-state index in [1.807, 2.05) is 23.5 Å². The highest BCUT2D eigenvalue weighted by Gasteiger charge is 2.26. The maximum Gasteiger partial charge on any atom is 0.142 e. The zero-order chi connectivity index (χ0) is 22.6. The normalized spacial score (nSPS) is 19.6. The van der Waals surface area contributed by atoms with Crippen LogP contribution in [0.15, 0.2) is 35.1 Å². The molecule has 0 saturated carbocycles. The molecule has 176 valence electrons. The highest BCUT2D eigenvalue weighted by Crippen LogP contribution is 2.41. The molecular weight excluding hydrogens is 498 g/mol. The lowest BCUT2D eigenvalue weighted by Crippen LogP contribution is -2.47. The van der Waals surface area contributed by atoms with Gasteiger partial charge in [0.25, 0.3) is 0 Å². The zero-order valence-electron chi connectivity index (χ0n) is 19.2. The van der Waals surface area contributed by atoms with Gasteiger partial charge in [0, 0.05) is 54.9 Å². The van der Waals surface area contributed by atoms with E-state index >= 15 is 0 Å². The maximum absolute atomic E-state index is 5.22. The summed E-state index contributed by atoms with van der Waals surface area (Å²) in [6, 6.07) is 8.23. The molecule has 33 heavy (non-hydrogen) atoms. The second kappa shape index (κ2) is 10.8. The molecule has 8 heteroatoms. The van der Waals surface area contributed by atoms with Gasteiger partial charge in [0.15, 0.2) is 0 Å². The molecule has 1 aliphatic carbocycles. The maximum atomic E-state index is 5.22. The molecule has 1 fully saturated rings. The number of aryl methyl sites for hydroxylation is 1. The molecule has 1 unspecified atom stereocenters. The summed E-state index contributed by atoms with van der Waals surface area (Å²) in [6.07, 6.45) is 6.55. The lowest BCUT2D eigenvalue weighted by molar-refractivity contribution is 0.0937. The van der Waals surface area contributed by atoms with Gasteiger partial charge in [-0.25, -0.2) is 9.97 Å². The third kappa shape index (κ3) is 5.57. The summed E-state index contributed by atoms with van der Waals surface area (Å²) in [5, 5.41) is 4.75. The van der Waals surface area contributed by atoms with Crippen molar-refractivity contribution in [2.75, 3.05) is 58.3 Å². The highest BCUT2D eigenvalue weighted by molar-refractivity contribution is 9.10. The number of thiophene rings is 1. The molecule has 1 saturated heterocycles. The summed E-state index contributed by atoms with van der Waals surface area (Å²) in [7, 11) is 1.79. The van der Waals surface area contributed by atoms with Gasteiger partial charge in [-0.15, -0.1) is 11.3 Å². The fourth-order valence-electron chi connectivity index (χ4n) is 5.04. The first-order valence-electron chi connectivity index (χ1n) is 11.9. The smallest absolute Gasteiger partial charge is 0.142 e. The van der Waals surface area contributed by atoms with Gasteiger partial charge in [0.2, 0.25) is 0 Å². The fourth-order valence-corrected chi connectivity index (χ4v) is 6.75. The van der Waals surface area contributed by atoms with E-state index in [0.29, 0.717) is 0 Å². The number of benzene rings is 1. The second-order valence-corrected chi connectivity index (χ2v) is 11.1. The molecule has 0 radical (unpaired) electrons. The lowest BCUT2D eigenvalue weighted by atomic mass is 9.85. The number of hydrogen-bond acceptors (Lipinski definition) is 7. The van der Waals surface area contributed by atoms with Crippen LogP contribution in [0.2, 0.25) is 0 Å². The predicted molar refractivity (Wildman–Crippen MR) is 140 cm³/mol. The minimum absolute atomic E-state index is 0.770. The molecule has 0 spiro atoms. The van der Waals surface area contributed by atoms with Crippen molar-refractivity contribution in [2.45, 2.75) is 25.7 Å². The first-order chi connectivity index (χ1) is 16.2. The van der Waals surface area contributed by atoms with Crippen molar-refractivity contribution in [3.8, 4) is 0 Å². The number of hydrogen-bond donors (Lipinski definition) is 1. The van der Waals surface area contributed by atoms with Gasteiger partial charge in [0.1, 0.15) is 17.0 Å². The third-order valence-corrected chi connectivity index (χ3v) is 8.62. The number of methoxy groups -OCH3 is 1. The topological polar surface area (TPSA) is 53.5 Å². The Labute approximate surface area is 208 Å². The molecule has 1 aliphatic heterocycles. The Bertz CT molecular complexity index is 1080. The molecule has 3 heterocycles. The van der Waals surface area contributed by atoms with Crippen molar-refractivity contribution in [1.29, 1.82) is 0 Å². The number of piperazine rings is 1. The quantitative estimate of drug-likeness (QED) is 0.445. The van der Waals surface area contributed by atoms with E-state index < -0.39 is 0 Å². The van der Waals surface area contributed by atoms with Crippen molar-refractivity contribution in [2.24, 2.45) is 5.92 Å². The Morgan fingerprint density at radius 1 is 1.15 bits per heavy atom. The van der Waals surface area contributed by atoms with E-state index in [4.69, 9.17) is 4.74 Å². The van der Waals surface area contributed by atoms with Crippen LogP contribution >= 0.6 is 27.3 Å². The van der Waals surface area contributed by atoms with E-state index in [0.717, 1.165) is 46.3 Å². The Balaban J connectivity index is 1.21. The van der Waals surface area contributed by atoms with Crippen molar-refractivity contribution in [3.63, 3.8) is 0 Å². The van der Waals surface area contributed by atoms with Crippen LogP contribution in [0.25, 0.3) is 10.2 Å². The van der Waals surface area contributed by atoms with Crippen LogP contribution in [0.5, 0.6) is 0 Å². The molecule has 1 N–H and O–H groups in total. The van der Waals surface area contributed by atoms with Gasteiger partial charge in [0.05, 0.1) is 12.0 Å². The number of nitrogens with zero attached hydrogens (tertiary/aromatic N) is 4. The molecule has 1 atom stereocenters. The first-order valence-corrected chi connectivity index (χ1v) is 13.5. The van der Waals surface area contributed by atoms with E-state index in [1.54, 1.807) is 13.4 Å². The summed E-state index contributed by atoms with van der Waals surface area (Å²) < 4.78 is 6.28. The number of anilines is 2. The number of halogens is 1. The SMILES string of the molecule is COCCN1CCN(CCC2CCc3c(sc4ncnc(Nc5cccc(Br)c5)c34)C2)CC1. The van der Waals surface area contributed by atoms with Crippen LogP contribution in [0.4, 0.5) is 11.5 Å². The van der Waals surface area contributed by atoms with Gasteiger partial charge < -0.3 is 15.0 Å². The molecule has 0 bridgehead atoms. The number of ether oxygens (including phenoxy) is 1. The van der Waals surface area contributed by atoms with Crippen LogP contribution in [-0.2, 0) is 17.6 Å². The van der Waals surface area contributed by atoms with Crippen molar-refractivity contribution in [3.05, 3.63) is 45.5 Å². The Kier molecular flexibility index (Phi) is 7.57.